The van der Waals surface area contributed by atoms with Gasteiger partial charge in [0, 0.05) is 12.8 Å². The highest BCUT2D eigenvalue weighted by molar-refractivity contribution is 5.69. The molecule has 0 heterocycles. The quantitative estimate of drug-likeness (QED) is 0.419. The summed E-state index contributed by atoms with van der Waals surface area (Å²) in [5.74, 6) is -0.791. The summed E-state index contributed by atoms with van der Waals surface area (Å²) in [6, 6.07) is 0. The second kappa shape index (κ2) is 11.6. The summed E-state index contributed by atoms with van der Waals surface area (Å²) in [6.07, 6.45) is 10.5. The average Bonchev–Trinajstić information content (AvgIpc) is 2.33. The summed E-state index contributed by atoms with van der Waals surface area (Å²) < 4.78 is 5.26. The van der Waals surface area contributed by atoms with Crippen LogP contribution in [0.1, 0.15) is 91.4 Å². The largest absolute Gasteiger partial charge is 0.481 e. The molecule has 0 aliphatic heterocycles. The predicted octanol–water partition coefficient (Wildman–Crippen LogP) is 4.70. The molecule has 0 amide bonds. The molecule has 0 atom stereocenters. The van der Waals surface area contributed by atoms with Crippen molar-refractivity contribution in [2.24, 2.45) is 0 Å². The van der Waals surface area contributed by atoms with Crippen LogP contribution in [0.15, 0.2) is 0 Å². The Bertz CT molecular complexity index is 292. The van der Waals surface area contributed by atoms with E-state index in [1.54, 1.807) is 0 Å². The molecule has 0 aromatic rings. The molecule has 0 spiro atoms. The molecule has 21 heavy (non-hydrogen) atoms. The average molecular weight is 300 g/mol. The lowest BCUT2D eigenvalue weighted by atomic mass is 10.1. The molecule has 0 aliphatic carbocycles. The lowest BCUT2D eigenvalue weighted by Crippen LogP contribution is -2.23. The van der Waals surface area contributed by atoms with Gasteiger partial charge in [0.25, 0.3) is 0 Å². The van der Waals surface area contributed by atoms with E-state index in [0.29, 0.717) is 12.8 Å². The van der Waals surface area contributed by atoms with E-state index < -0.39 is 5.97 Å². The van der Waals surface area contributed by atoms with E-state index in [1.807, 2.05) is 20.8 Å². The van der Waals surface area contributed by atoms with Crippen LogP contribution in [0, 0.1) is 0 Å². The fourth-order valence-corrected chi connectivity index (χ4v) is 2.18. The molecule has 4 nitrogen and oxygen atoms in total. The molecule has 0 rings (SSSR count). The summed E-state index contributed by atoms with van der Waals surface area (Å²) in [7, 11) is 0. The minimum atomic E-state index is -0.694. The maximum absolute atomic E-state index is 11.5. The highest BCUT2D eigenvalue weighted by atomic mass is 16.6. The number of ether oxygens (including phenoxy) is 1. The van der Waals surface area contributed by atoms with Crippen molar-refractivity contribution in [1.29, 1.82) is 0 Å². The number of carboxylic acid groups (broad SMARTS) is 1. The molecule has 0 saturated carbocycles. The van der Waals surface area contributed by atoms with Crippen molar-refractivity contribution < 1.29 is 19.4 Å². The van der Waals surface area contributed by atoms with Gasteiger partial charge in [0.05, 0.1) is 0 Å². The normalized spacial score (nSPS) is 11.4. The first-order chi connectivity index (χ1) is 9.81. The van der Waals surface area contributed by atoms with Crippen molar-refractivity contribution in [1.82, 2.24) is 0 Å². The molecule has 0 aromatic carbocycles. The Kier molecular flexibility index (Phi) is 11.0. The second-order valence-corrected chi connectivity index (χ2v) is 6.66. The van der Waals surface area contributed by atoms with Crippen molar-refractivity contribution in [3.05, 3.63) is 0 Å². The molecule has 0 saturated heterocycles. The summed E-state index contributed by atoms with van der Waals surface area (Å²) in [5, 5.41) is 8.51. The number of hydrogen-bond acceptors (Lipinski definition) is 3. The van der Waals surface area contributed by atoms with E-state index in [1.165, 1.54) is 19.3 Å². The van der Waals surface area contributed by atoms with Gasteiger partial charge in [-0.25, -0.2) is 0 Å². The van der Waals surface area contributed by atoms with Gasteiger partial charge in [-0.2, -0.15) is 0 Å². The van der Waals surface area contributed by atoms with Gasteiger partial charge in [0.2, 0.25) is 0 Å². The van der Waals surface area contributed by atoms with Crippen molar-refractivity contribution >= 4 is 11.9 Å². The van der Waals surface area contributed by atoms with E-state index >= 15 is 0 Å². The van der Waals surface area contributed by atoms with Crippen LogP contribution < -0.4 is 0 Å². The van der Waals surface area contributed by atoms with Crippen LogP contribution in [-0.2, 0) is 14.3 Å². The van der Waals surface area contributed by atoms with Crippen molar-refractivity contribution in [2.45, 2.75) is 97.0 Å². The fourth-order valence-electron chi connectivity index (χ4n) is 2.18. The van der Waals surface area contributed by atoms with Gasteiger partial charge in [-0.15, -0.1) is 0 Å². The van der Waals surface area contributed by atoms with Gasteiger partial charge in [0.1, 0.15) is 5.60 Å². The van der Waals surface area contributed by atoms with Gasteiger partial charge >= 0.3 is 11.9 Å². The first kappa shape index (κ1) is 19.9. The number of esters is 1. The van der Waals surface area contributed by atoms with Crippen LogP contribution in [0.5, 0.6) is 0 Å². The molecular formula is C17H32O4. The lowest BCUT2D eigenvalue weighted by molar-refractivity contribution is -0.155. The molecule has 1 N–H and O–H groups in total. The fraction of sp³-hybridized carbons (Fsp3) is 0.882. The minimum absolute atomic E-state index is 0.0964. The van der Waals surface area contributed by atoms with E-state index in [2.05, 4.69) is 0 Å². The van der Waals surface area contributed by atoms with Crippen LogP contribution in [-0.4, -0.2) is 22.6 Å². The Labute approximate surface area is 129 Å². The molecule has 0 radical (unpaired) electrons. The third-order valence-corrected chi connectivity index (χ3v) is 3.19. The number of rotatable bonds is 12. The Morgan fingerprint density at radius 1 is 0.762 bits per heavy atom. The Morgan fingerprint density at radius 3 is 1.52 bits per heavy atom. The SMILES string of the molecule is CC(C)(C)OC(=O)CCCCCCCCCCCC(=O)O. The van der Waals surface area contributed by atoms with Gasteiger partial charge in [-0.3, -0.25) is 9.59 Å². The Balaban J connectivity index is 3.22. The van der Waals surface area contributed by atoms with Crippen LogP contribution in [0.25, 0.3) is 0 Å². The zero-order valence-electron chi connectivity index (χ0n) is 14.0. The summed E-state index contributed by atoms with van der Waals surface area (Å²) >= 11 is 0. The summed E-state index contributed by atoms with van der Waals surface area (Å²) in [6.45, 7) is 5.67. The van der Waals surface area contributed by atoms with Gasteiger partial charge in [0.15, 0.2) is 0 Å². The first-order valence-electron chi connectivity index (χ1n) is 8.25. The molecule has 0 aliphatic rings. The van der Waals surface area contributed by atoms with Crippen LogP contribution in [0.2, 0.25) is 0 Å². The van der Waals surface area contributed by atoms with Crippen LogP contribution in [0.3, 0.4) is 0 Å². The monoisotopic (exact) mass is 300 g/mol. The van der Waals surface area contributed by atoms with Crippen molar-refractivity contribution in [3.63, 3.8) is 0 Å². The summed E-state index contributed by atoms with van der Waals surface area (Å²) in [4.78, 5) is 21.8. The second-order valence-electron chi connectivity index (χ2n) is 6.66. The molecular weight excluding hydrogens is 268 g/mol. The molecule has 0 bridgehead atoms. The molecule has 0 fully saturated rings. The first-order valence-corrected chi connectivity index (χ1v) is 8.25. The number of carbonyl (C=O) groups excluding carboxylic acids is 1. The van der Waals surface area contributed by atoms with Crippen molar-refractivity contribution in [3.8, 4) is 0 Å². The third kappa shape index (κ3) is 16.9. The Morgan fingerprint density at radius 2 is 1.14 bits per heavy atom. The zero-order valence-corrected chi connectivity index (χ0v) is 14.0. The van der Waals surface area contributed by atoms with E-state index in [4.69, 9.17) is 9.84 Å². The van der Waals surface area contributed by atoms with E-state index in [-0.39, 0.29) is 11.6 Å². The van der Waals surface area contributed by atoms with Crippen LogP contribution in [0.4, 0.5) is 0 Å². The standard InChI is InChI=1S/C17H32O4/c1-17(2,3)21-16(20)14-12-10-8-6-4-5-7-9-11-13-15(18)19/h4-14H2,1-3H3,(H,18,19). The smallest absolute Gasteiger partial charge is 0.306 e. The number of hydrogen-bond donors (Lipinski definition) is 1. The molecule has 0 aromatic heterocycles. The van der Waals surface area contributed by atoms with E-state index in [9.17, 15) is 9.59 Å². The Hall–Kier alpha value is -1.06. The highest BCUT2D eigenvalue weighted by Crippen LogP contribution is 2.13. The van der Waals surface area contributed by atoms with Crippen molar-refractivity contribution in [2.75, 3.05) is 0 Å². The number of aliphatic carboxylic acids is 1. The van der Waals surface area contributed by atoms with Crippen LogP contribution >= 0.6 is 0 Å². The predicted molar refractivity (Wildman–Crippen MR) is 84.3 cm³/mol. The van der Waals surface area contributed by atoms with E-state index in [0.717, 1.165) is 38.5 Å². The maximum atomic E-state index is 11.5. The number of carboxylic acids is 1. The minimum Gasteiger partial charge on any atom is -0.481 e. The molecule has 0 unspecified atom stereocenters. The topological polar surface area (TPSA) is 63.6 Å². The third-order valence-electron chi connectivity index (χ3n) is 3.19. The molecule has 4 heteroatoms. The maximum Gasteiger partial charge on any atom is 0.306 e. The van der Waals surface area contributed by atoms with Gasteiger partial charge in [-0.1, -0.05) is 44.9 Å². The lowest BCUT2D eigenvalue weighted by Gasteiger charge is -2.19. The molecule has 124 valence electrons. The highest BCUT2D eigenvalue weighted by Gasteiger charge is 2.15. The van der Waals surface area contributed by atoms with Gasteiger partial charge in [-0.05, 0) is 33.6 Å². The number of unbranched alkanes of at least 4 members (excludes halogenated alkanes) is 8. The summed E-state index contributed by atoms with van der Waals surface area (Å²) in [5.41, 5.74) is -0.377. The number of carbonyl (C=O) groups is 2. The zero-order chi connectivity index (χ0) is 16.1. The van der Waals surface area contributed by atoms with Gasteiger partial charge < -0.3 is 9.84 Å².